The zero-order chi connectivity index (χ0) is 18.1. The molecule has 2 heterocycles. The van der Waals surface area contributed by atoms with Crippen molar-refractivity contribution < 1.29 is 14.3 Å². The van der Waals surface area contributed by atoms with E-state index in [-0.39, 0.29) is 31.0 Å². The maximum Gasteiger partial charge on any atom is 0.262 e. The molecule has 0 radical (unpaired) electrons. The zero-order valence-corrected chi connectivity index (χ0v) is 14.4. The van der Waals surface area contributed by atoms with Gasteiger partial charge >= 0.3 is 0 Å². The number of aromatic nitrogens is 1. The van der Waals surface area contributed by atoms with E-state index in [9.17, 15) is 9.59 Å². The second-order valence-electron chi connectivity index (χ2n) is 6.38. The molecule has 2 N–H and O–H groups in total. The second-order valence-corrected chi connectivity index (χ2v) is 6.38. The van der Waals surface area contributed by atoms with Crippen molar-refractivity contribution in [3.05, 3.63) is 60.3 Å². The van der Waals surface area contributed by atoms with E-state index in [0.717, 1.165) is 16.5 Å². The molecule has 1 aliphatic rings. The summed E-state index contributed by atoms with van der Waals surface area (Å²) in [7, 11) is 0. The van der Waals surface area contributed by atoms with E-state index in [1.165, 1.54) is 0 Å². The highest BCUT2D eigenvalue weighted by Gasteiger charge is 2.18. The van der Waals surface area contributed by atoms with Gasteiger partial charge in [-0.25, -0.2) is 0 Å². The van der Waals surface area contributed by atoms with Crippen LogP contribution in [0.4, 0.5) is 5.69 Å². The quantitative estimate of drug-likeness (QED) is 0.761. The largest absolute Gasteiger partial charge is 0.482 e. The number of hydrogen-bond donors (Lipinski definition) is 2. The smallest absolute Gasteiger partial charge is 0.262 e. The molecule has 0 saturated heterocycles. The van der Waals surface area contributed by atoms with Crippen molar-refractivity contribution in [3.63, 3.8) is 0 Å². The Morgan fingerprint density at radius 3 is 3.00 bits per heavy atom. The van der Waals surface area contributed by atoms with Crippen molar-refractivity contribution in [1.29, 1.82) is 0 Å². The van der Waals surface area contributed by atoms with Crippen LogP contribution in [0.1, 0.15) is 18.5 Å². The molecule has 0 saturated carbocycles. The van der Waals surface area contributed by atoms with Gasteiger partial charge < -0.3 is 19.9 Å². The first-order valence-corrected chi connectivity index (χ1v) is 8.50. The fourth-order valence-corrected chi connectivity index (χ4v) is 3.17. The van der Waals surface area contributed by atoms with Gasteiger partial charge in [-0.15, -0.1) is 0 Å². The Balaban J connectivity index is 1.46. The zero-order valence-electron chi connectivity index (χ0n) is 14.4. The fraction of sp³-hybridized carbons (Fsp3) is 0.200. The molecular formula is C20H19N3O3. The molecule has 3 aromatic rings. The number of nitrogens with zero attached hydrogens (tertiary/aromatic N) is 1. The Bertz CT molecular complexity index is 993. The van der Waals surface area contributed by atoms with Gasteiger partial charge in [0.1, 0.15) is 12.3 Å². The molecule has 2 amide bonds. The summed E-state index contributed by atoms with van der Waals surface area (Å²) in [6.07, 6.45) is 1.92. The standard InChI is InChI=1S/C20H19N3O3/c1-13(15-6-7-18-16(10-15)22-20(25)12-26-18)21-19(24)11-23-9-8-14-4-2-3-5-17(14)23/h2-10,13H,11-12H2,1H3,(H,21,24)(H,22,25). The number of anilines is 1. The van der Waals surface area contributed by atoms with E-state index in [1.807, 2.05) is 66.2 Å². The lowest BCUT2D eigenvalue weighted by Gasteiger charge is -2.21. The van der Waals surface area contributed by atoms with Crippen LogP contribution in [0.2, 0.25) is 0 Å². The van der Waals surface area contributed by atoms with Gasteiger partial charge in [0.2, 0.25) is 5.91 Å². The summed E-state index contributed by atoms with van der Waals surface area (Å²) in [6.45, 7) is 2.20. The van der Waals surface area contributed by atoms with Gasteiger partial charge in [0.15, 0.2) is 6.61 Å². The average Bonchev–Trinajstić information content (AvgIpc) is 3.04. The van der Waals surface area contributed by atoms with Crippen LogP contribution in [0.3, 0.4) is 0 Å². The third-order valence-electron chi connectivity index (χ3n) is 4.51. The number of ether oxygens (including phenoxy) is 1. The van der Waals surface area contributed by atoms with E-state index in [1.54, 1.807) is 0 Å². The van der Waals surface area contributed by atoms with Crippen LogP contribution in [0.25, 0.3) is 10.9 Å². The van der Waals surface area contributed by atoms with Crippen LogP contribution in [0.15, 0.2) is 54.7 Å². The van der Waals surface area contributed by atoms with Crippen molar-refractivity contribution >= 4 is 28.4 Å². The highest BCUT2D eigenvalue weighted by atomic mass is 16.5. The van der Waals surface area contributed by atoms with Gasteiger partial charge in [-0.2, -0.15) is 0 Å². The number of nitrogens with one attached hydrogen (secondary N) is 2. The maximum atomic E-state index is 12.5. The number of amides is 2. The minimum Gasteiger partial charge on any atom is -0.482 e. The van der Waals surface area contributed by atoms with Crippen molar-refractivity contribution in [2.24, 2.45) is 0 Å². The Hall–Kier alpha value is -3.28. The first-order chi connectivity index (χ1) is 12.6. The van der Waals surface area contributed by atoms with Crippen LogP contribution < -0.4 is 15.4 Å². The Morgan fingerprint density at radius 2 is 2.12 bits per heavy atom. The molecule has 1 aromatic heterocycles. The highest BCUT2D eigenvalue weighted by Crippen LogP contribution is 2.30. The van der Waals surface area contributed by atoms with E-state index in [2.05, 4.69) is 10.6 Å². The molecule has 0 aliphatic carbocycles. The molecule has 2 aromatic carbocycles. The Labute approximate surface area is 150 Å². The molecule has 1 atom stereocenters. The molecule has 1 aliphatic heterocycles. The van der Waals surface area contributed by atoms with Gasteiger partial charge in [-0.1, -0.05) is 24.3 Å². The van der Waals surface area contributed by atoms with E-state index >= 15 is 0 Å². The predicted molar refractivity (Wildman–Crippen MR) is 99.1 cm³/mol. The van der Waals surface area contributed by atoms with Gasteiger partial charge in [-0.05, 0) is 42.1 Å². The first kappa shape index (κ1) is 16.2. The summed E-state index contributed by atoms with van der Waals surface area (Å²) >= 11 is 0. The average molecular weight is 349 g/mol. The summed E-state index contributed by atoms with van der Waals surface area (Å²) in [4.78, 5) is 23.9. The lowest BCUT2D eigenvalue weighted by molar-refractivity contribution is -0.122. The number of hydrogen-bond acceptors (Lipinski definition) is 3. The van der Waals surface area contributed by atoms with Crippen molar-refractivity contribution in [3.8, 4) is 5.75 Å². The molecule has 0 fully saturated rings. The third kappa shape index (κ3) is 3.13. The normalized spacial score (nSPS) is 14.3. The molecule has 0 spiro atoms. The summed E-state index contributed by atoms with van der Waals surface area (Å²) in [5.74, 6) is 0.397. The first-order valence-electron chi connectivity index (χ1n) is 8.50. The van der Waals surface area contributed by atoms with Crippen molar-refractivity contribution in [2.75, 3.05) is 11.9 Å². The molecular weight excluding hydrogens is 330 g/mol. The molecule has 4 rings (SSSR count). The van der Waals surface area contributed by atoms with Gasteiger partial charge in [-0.3, -0.25) is 9.59 Å². The summed E-state index contributed by atoms with van der Waals surface area (Å²) in [6, 6.07) is 15.3. The third-order valence-corrected chi connectivity index (χ3v) is 4.51. The fourth-order valence-electron chi connectivity index (χ4n) is 3.17. The van der Waals surface area contributed by atoms with E-state index < -0.39 is 0 Å². The molecule has 1 unspecified atom stereocenters. The topological polar surface area (TPSA) is 72.4 Å². The van der Waals surface area contributed by atoms with Crippen LogP contribution in [0, 0.1) is 0 Å². The van der Waals surface area contributed by atoms with Crippen LogP contribution in [-0.2, 0) is 16.1 Å². The molecule has 26 heavy (non-hydrogen) atoms. The van der Waals surface area contributed by atoms with Gasteiger partial charge in [0.05, 0.1) is 11.7 Å². The number of carbonyl (C=O) groups is 2. The molecule has 6 nitrogen and oxygen atoms in total. The number of benzene rings is 2. The van der Waals surface area contributed by atoms with Crippen LogP contribution in [0.5, 0.6) is 5.75 Å². The molecule has 132 valence electrons. The Kier molecular flexibility index (Phi) is 4.08. The number of rotatable bonds is 4. The number of fused-ring (bicyclic) bond motifs is 2. The maximum absolute atomic E-state index is 12.5. The van der Waals surface area contributed by atoms with Gasteiger partial charge in [0, 0.05) is 11.7 Å². The summed E-state index contributed by atoms with van der Waals surface area (Å²) in [5.41, 5.74) is 2.57. The minimum atomic E-state index is -0.187. The number of carbonyl (C=O) groups excluding carboxylic acids is 2. The monoisotopic (exact) mass is 349 g/mol. The predicted octanol–water partition coefficient (Wildman–Crippen LogP) is 2.85. The van der Waals surface area contributed by atoms with Crippen LogP contribution >= 0.6 is 0 Å². The van der Waals surface area contributed by atoms with Crippen LogP contribution in [-0.4, -0.2) is 23.0 Å². The highest BCUT2D eigenvalue weighted by molar-refractivity contribution is 5.95. The number of para-hydroxylation sites is 1. The minimum absolute atomic E-state index is 0.0312. The van der Waals surface area contributed by atoms with Gasteiger partial charge in [0.25, 0.3) is 5.91 Å². The molecule has 0 bridgehead atoms. The van der Waals surface area contributed by atoms with E-state index in [4.69, 9.17) is 4.74 Å². The van der Waals surface area contributed by atoms with E-state index in [0.29, 0.717) is 11.4 Å². The second kappa shape index (κ2) is 6.55. The lowest BCUT2D eigenvalue weighted by Crippen LogP contribution is -2.30. The Morgan fingerprint density at radius 1 is 1.27 bits per heavy atom. The van der Waals surface area contributed by atoms with Crippen molar-refractivity contribution in [1.82, 2.24) is 9.88 Å². The summed E-state index contributed by atoms with van der Waals surface area (Å²) in [5, 5.41) is 6.90. The SMILES string of the molecule is CC(NC(=O)Cn1ccc2ccccc21)c1ccc2c(c1)NC(=O)CO2. The lowest BCUT2D eigenvalue weighted by atomic mass is 10.1. The molecule has 6 heteroatoms. The van der Waals surface area contributed by atoms with Crippen molar-refractivity contribution in [2.45, 2.75) is 19.5 Å². The summed E-state index contributed by atoms with van der Waals surface area (Å²) < 4.78 is 7.29.